The van der Waals surface area contributed by atoms with Crippen molar-refractivity contribution in [2.45, 2.75) is 0 Å². The van der Waals surface area contributed by atoms with E-state index in [9.17, 15) is 9.59 Å². The molecule has 2 amide bonds. The van der Waals surface area contributed by atoms with Gasteiger partial charge in [0.15, 0.2) is 0 Å². The smallest absolute Gasteiger partial charge is 0.267 e. The van der Waals surface area contributed by atoms with Gasteiger partial charge >= 0.3 is 0 Å². The lowest BCUT2D eigenvalue weighted by molar-refractivity contribution is 0.0925. The number of hydrogen-bond donors (Lipinski definition) is 0. The molecule has 3 rings (SSSR count). The number of halogens is 1. The second-order valence-electron chi connectivity index (χ2n) is 3.82. The van der Waals surface area contributed by atoms with Crippen molar-refractivity contribution in [3.8, 4) is 0 Å². The Morgan fingerprint density at radius 2 is 1.78 bits per heavy atom. The van der Waals surface area contributed by atoms with Crippen molar-refractivity contribution in [1.82, 2.24) is 4.98 Å². The lowest BCUT2D eigenvalue weighted by Gasteiger charge is -2.11. The van der Waals surface area contributed by atoms with E-state index in [1.807, 2.05) is 0 Å². The van der Waals surface area contributed by atoms with Crippen LogP contribution in [0.4, 0.5) is 5.82 Å². The van der Waals surface area contributed by atoms with Crippen LogP contribution in [0, 0.1) is 0 Å². The summed E-state index contributed by atoms with van der Waals surface area (Å²) < 4.78 is 0. The molecule has 0 saturated carbocycles. The Morgan fingerprint density at radius 1 is 1.00 bits per heavy atom. The van der Waals surface area contributed by atoms with Gasteiger partial charge in [-0.2, -0.15) is 0 Å². The minimum absolute atomic E-state index is 0.318. The number of aromatic nitrogens is 1. The van der Waals surface area contributed by atoms with Crippen LogP contribution in [0.2, 0.25) is 5.02 Å². The van der Waals surface area contributed by atoms with Crippen LogP contribution in [0.5, 0.6) is 0 Å². The van der Waals surface area contributed by atoms with Gasteiger partial charge < -0.3 is 0 Å². The average Bonchev–Trinajstić information content (AvgIpc) is 2.63. The molecule has 0 fully saturated rings. The number of imide groups is 1. The maximum Gasteiger partial charge on any atom is 0.267 e. The number of anilines is 1. The number of hydrogen-bond acceptors (Lipinski definition) is 3. The molecule has 1 aliphatic heterocycles. The summed E-state index contributed by atoms with van der Waals surface area (Å²) in [6, 6.07) is 9.70. The molecule has 1 aromatic heterocycles. The first-order chi connectivity index (χ1) is 8.68. The quantitative estimate of drug-likeness (QED) is 0.739. The Morgan fingerprint density at radius 3 is 2.50 bits per heavy atom. The maximum absolute atomic E-state index is 12.2. The Kier molecular flexibility index (Phi) is 2.38. The van der Waals surface area contributed by atoms with Crippen LogP contribution in [0.3, 0.4) is 0 Å². The fourth-order valence-corrected chi connectivity index (χ4v) is 2.08. The zero-order valence-corrected chi connectivity index (χ0v) is 9.89. The van der Waals surface area contributed by atoms with Crippen molar-refractivity contribution in [3.05, 3.63) is 58.7 Å². The van der Waals surface area contributed by atoms with Crippen LogP contribution in [0.25, 0.3) is 0 Å². The van der Waals surface area contributed by atoms with Crippen LogP contribution in [-0.4, -0.2) is 16.8 Å². The van der Waals surface area contributed by atoms with Crippen LogP contribution < -0.4 is 4.90 Å². The molecule has 2 heterocycles. The molecule has 88 valence electrons. The predicted octanol–water partition coefficient (Wildman–Crippen LogP) is 2.54. The molecule has 4 nitrogen and oxygen atoms in total. The van der Waals surface area contributed by atoms with Gasteiger partial charge in [0.05, 0.1) is 11.1 Å². The number of rotatable bonds is 1. The van der Waals surface area contributed by atoms with Gasteiger partial charge in [-0.3, -0.25) is 9.59 Å². The zero-order chi connectivity index (χ0) is 12.7. The van der Waals surface area contributed by atoms with Crippen LogP contribution in [0.1, 0.15) is 20.7 Å². The minimum atomic E-state index is -0.392. The molecule has 18 heavy (non-hydrogen) atoms. The van der Waals surface area contributed by atoms with Crippen molar-refractivity contribution in [2.24, 2.45) is 0 Å². The third-order valence-corrected chi connectivity index (χ3v) is 2.96. The summed E-state index contributed by atoms with van der Waals surface area (Å²) in [6.07, 6.45) is 1.53. The SMILES string of the molecule is O=C1c2ccc(Cl)cc2C(=O)N1c1ccccn1. The summed E-state index contributed by atoms with van der Waals surface area (Å²) >= 11 is 5.83. The minimum Gasteiger partial charge on any atom is -0.268 e. The van der Waals surface area contributed by atoms with Gasteiger partial charge in [-0.1, -0.05) is 17.7 Å². The predicted molar refractivity (Wildman–Crippen MR) is 66.8 cm³/mol. The van der Waals surface area contributed by atoms with Gasteiger partial charge in [-0.15, -0.1) is 0 Å². The van der Waals surface area contributed by atoms with Crippen LogP contribution >= 0.6 is 11.6 Å². The molecule has 2 aromatic rings. The standard InChI is InChI=1S/C13H7ClN2O2/c14-8-4-5-9-10(7-8)13(18)16(12(9)17)11-3-1-2-6-15-11/h1-7H. The summed E-state index contributed by atoms with van der Waals surface area (Å²) in [5, 5.41) is 0.428. The van der Waals surface area contributed by atoms with Crippen molar-refractivity contribution < 1.29 is 9.59 Å². The number of carbonyl (C=O) groups is 2. The third-order valence-electron chi connectivity index (χ3n) is 2.73. The van der Waals surface area contributed by atoms with Gasteiger partial charge in [0.2, 0.25) is 0 Å². The molecule has 0 aliphatic carbocycles. The molecule has 1 aromatic carbocycles. The molecule has 0 saturated heterocycles. The van der Waals surface area contributed by atoms with E-state index in [0.717, 1.165) is 4.90 Å². The molecule has 1 aliphatic rings. The van der Waals surface area contributed by atoms with Crippen molar-refractivity contribution >= 4 is 29.2 Å². The van der Waals surface area contributed by atoms with E-state index in [-0.39, 0.29) is 5.91 Å². The fraction of sp³-hybridized carbons (Fsp3) is 0. The summed E-state index contributed by atoms with van der Waals surface area (Å²) in [6.45, 7) is 0. The highest BCUT2D eigenvalue weighted by molar-refractivity contribution is 6.36. The molecule has 0 radical (unpaired) electrons. The summed E-state index contributed by atoms with van der Waals surface area (Å²) in [5.74, 6) is -0.443. The highest BCUT2D eigenvalue weighted by atomic mass is 35.5. The first kappa shape index (κ1) is 10.9. The second-order valence-corrected chi connectivity index (χ2v) is 4.26. The third kappa shape index (κ3) is 1.50. The summed E-state index contributed by atoms with van der Waals surface area (Å²) in [5.41, 5.74) is 0.674. The number of amides is 2. The average molecular weight is 259 g/mol. The number of nitrogens with zero attached hydrogens (tertiary/aromatic N) is 2. The highest BCUT2D eigenvalue weighted by Gasteiger charge is 2.37. The molecule has 0 spiro atoms. The van der Waals surface area contributed by atoms with Crippen molar-refractivity contribution in [3.63, 3.8) is 0 Å². The van der Waals surface area contributed by atoms with Crippen molar-refractivity contribution in [1.29, 1.82) is 0 Å². The van der Waals surface area contributed by atoms with E-state index in [1.165, 1.54) is 12.3 Å². The highest BCUT2D eigenvalue weighted by Crippen LogP contribution is 2.28. The van der Waals surface area contributed by atoms with E-state index in [2.05, 4.69) is 4.98 Å². The van der Waals surface area contributed by atoms with E-state index >= 15 is 0 Å². The number of benzene rings is 1. The Hall–Kier alpha value is -2.20. The molecular formula is C13H7ClN2O2. The van der Waals surface area contributed by atoms with E-state index in [0.29, 0.717) is 22.0 Å². The number of pyridine rings is 1. The Balaban J connectivity index is 2.13. The van der Waals surface area contributed by atoms with Crippen LogP contribution in [-0.2, 0) is 0 Å². The van der Waals surface area contributed by atoms with E-state index < -0.39 is 5.91 Å². The lowest BCUT2D eigenvalue weighted by Crippen LogP contribution is -2.30. The van der Waals surface area contributed by atoms with E-state index in [4.69, 9.17) is 11.6 Å². The van der Waals surface area contributed by atoms with E-state index in [1.54, 1.807) is 30.3 Å². The first-order valence-electron chi connectivity index (χ1n) is 5.28. The first-order valence-corrected chi connectivity index (χ1v) is 5.65. The second kappa shape index (κ2) is 3.92. The number of carbonyl (C=O) groups excluding carboxylic acids is 2. The Labute approximate surface area is 108 Å². The Bertz CT molecular complexity index is 655. The lowest BCUT2D eigenvalue weighted by atomic mass is 10.1. The molecular weight excluding hydrogens is 252 g/mol. The van der Waals surface area contributed by atoms with Gasteiger partial charge in [0.25, 0.3) is 11.8 Å². The normalized spacial score (nSPS) is 13.9. The van der Waals surface area contributed by atoms with Crippen LogP contribution in [0.15, 0.2) is 42.6 Å². The molecule has 5 heteroatoms. The van der Waals surface area contributed by atoms with Gasteiger partial charge in [0.1, 0.15) is 5.82 Å². The van der Waals surface area contributed by atoms with Crippen molar-refractivity contribution in [2.75, 3.05) is 4.90 Å². The fourth-order valence-electron chi connectivity index (χ4n) is 1.91. The van der Waals surface area contributed by atoms with Gasteiger partial charge in [0, 0.05) is 11.2 Å². The molecule has 0 bridgehead atoms. The molecule has 0 unspecified atom stereocenters. The molecule has 0 N–H and O–H groups in total. The van der Waals surface area contributed by atoms with Gasteiger partial charge in [-0.05, 0) is 30.3 Å². The number of fused-ring (bicyclic) bond motifs is 1. The monoisotopic (exact) mass is 258 g/mol. The molecule has 0 atom stereocenters. The zero-order valence-electron chi connectivity index (χ0n) is 9.13. The van der Waals surface area contributed by atoms with Gasteiger partial charge in [-0.25, -0.2) is 9.88 Å². The maximum atomic E-state index is 12.2. The topological polar surface area (TPSA) is 50.3 Å². The summed E-state index contributed by atoms with van der Waals surface area (Å²) in [4.78, 5) is 29.4. The summed E-state index contributed by atoms with van der Waals surface area (Å²) in [7, 11) is 0. The largest absolute Gasteiger partial charge is 0.268 e.